The lowest BCUT2D eigenvalue weighted by molar-refractivity contribution is -0.146. The fraction of sp³-hybridized carbons (Fsp3) is 0.692. The number of nitrogens with zero attached hydrogens (tertiary/aromatic N) is 2. The van der Waals surface area contributed by atoms with Crippen LogP contribution in [0.3, 0.4) is 0 Å². The summed E-state index contributed by atoms with van der Waals surface area (Å²) in [7, 11) is 0. The number of nitrogens with one attached hydrogen (secondary N) is 1. The Hall–Kier alpha value is -1.36. The van der Waals surface area contributed by atoms with E-state index in [0.29, 0.717) is 6.61 Å². The summed E-state index contributed by atoms with van der Waals surface area (Å²) >= 11 is 0. The minimum Gasteiger partial charge on any atom is -0.465 e. The van der Waals surface area contributed by atoms with Gasteiger partial charge in [0.25, 0.3) is 0 Å². The molecule has 18 heavy (non-hydrogen) atoms. The summed E-state index contributed by atoms with van der Waals surface area (Å²) in [6.07, 6.45) is 7.19. The van der Waals surface area contributed by atoms with E-state index >= 15 is 0 Å². The Balaban J connectivity index is 2.46. The van der Waals surface area contributed by atoms with Crippen molar-refractivity contribution >= 4 is 5.97 Å². The van der Waals surface area contributed by atoms with Crippen LogP contribution in [-0.2, 0) is 16.1 Å². The maximum absolute atomic E-state index is 11.8. The lowest BCUT2D eigenvalue weighted by atomic mass is 10.1. The Morgan fingerprint density at radius 2 is 2.28 bits per heavy atom. The molecule has 5 heteroatoms. The molecule has 0 aliphatic rings. The molecule has 1 aromatic rings. The molecule has 0 spiro atoms. The number of aromatic nitrogens is 2. The number of hydrogen-bond acceptors (Lipinski definition) is 4. The molecule has 102 valence electrons. The lowest BCUT2D eigenvalue weighted by Crippen LogP contribution is -2.44. The molecule has 0 aliphatic carbocycles. The first-order valence-electron chi connectivity index (χ1n) is 6.55. The first-order chi connectivity index (χ1) is 8.67. The van der Waals surface area contributed by atoms with E-state index in [-0.39, 0.29) is 18.1 Å². The topological polar surface area (TPSA) is 56.2 Å². The van der Waals surface area contributed by atoms with Crippen LogP contribution in [0, 0.1) is 0 Å². The quantitative estimate of drug-likeness (QED) is 0.715. The lowest BCUT2D eigenvalue weighted by Gasteiger charge is -2.21. The smallest absolute Gasteiger partial charge is 0.323 e. The molecule has 1 rings (SSSR count). The maximum Gasteiger partial charge on any atom is 0.323 e. The van der Waals surface area contributed by atoms with Crippen LogP contribution in [-0.4, -0.2) is 34.2 Å². The Bertz CT molecular complexity index is 338. The minimum absolute atomic E-state index is 0.156. The summed E-state index contributed by atoms with van der Waals surface area (Å²) < 4.78 is 7.06. The number of ether oxygens (including phenoxy) is 1. The monoisotopic (exact) mass is 253 g/mol. The zero-order chi connectivity index (χ0) is 13.4. The molecule has 1 N–H and O–H groups in total. The predicted molar refractivity (Wildman–Crippen MR) is 70.2 cm³/mol. The van der Waals surface area contributed by atoms with Gasteiger partial charge >= 0.3 is 5.97 Å². The van der Waals surface area contributed by atoms with Gasteiger partial charge in [0.1, 0.15) is 6.04 Å². The number of esters is 1. The summed E-state index contributed by atoms with van der Waals surface area (Å²) in [4.78, 5) is 15.8. The molecule has 0 amide bonds. The Morgan fingerprint density at radius 1 is 1.50 bits per heavy atom. The average molecular weight is 253 g/mol. The van der Waals surface area contributed by atoms with Crippen molar-refractivity contribution in [2.24, 2.45) is 0 Å². The van der Waals surface area contributed by atoms with Gasteiger partial charge in [0.2, 0.25) is 0 Å². The Labute approximate surface area is 109 Å². The van der Waals surface area contributed by atoms with Gasteiger partial charge in [-0.05, 0) is 20.3 Å². The number of imidazole rings is 1. The second-order valence-corrected chi connectivity index (χ2v) is 4.42. The van der Waals surface area contributed by atoms with Crippen molar-refractivity contribution < 1.29 is 9.53 Å². The third-order valence-electron chi connectivity index (χ3n) is 2.68. The van der Waals surface area contributed by atoms with Gasteiger partial charge in [0, 0.05) is 25.0 Å². The summed E-state index contributed by atoms with van der Waals surface area (Å²) in [6, 6.07) is -0.0198. The number of carbonyl (C=O) groups is 1. The highest BCUT2D eigenvalue weighted by molar-refractivity contribution is 5.75. The van der Waals surface area contributed by atoms with Crippen molar-refractivity contribution in [3.05, 3.63) is 18.7 Å². The second kappa shape index (κ2) is 7.87. The van der Waals surface area contributed by atoms with Gasteiger partial charge < -0.3 is 14.6 Å². The van der Waals surface area contributed by atoms with Crippen LogP contribution in [0.15, 0.2) is 18.7 Å². The number of rotatable bonds is 8. The van der Waals surface area contributed by atoms with Crippen molar-refractivity contribution in [3.63, 3.8) is 0 Å². The van der Waals surface area contributed by atoms with Gasteiger partial charge in [-0.3, -0.25) is 4.79 Å². The first kappa shape index (κ1) is 14.7. The van der Waals surface area contributed by atoms with Gasteiger partial charge in [-0.15, -0.1) is 0 Å². The molecule has 1 aromatic heterocycles. The normalized spacial score (nSPS) is 14.2. The molecule has 2 unspecified atom stereocenters. The molecule has 0 fully saturated rings. The summed E-state index contributed by atoms with van der Waals surface area (Å²) in [5.74, 6) is -0.156. The molecule has 2 atom stereocenters. The van der Waals surface area contributed by atoms with Crippen LogP contribution in [0.4, 0.5) is 0 Å². The van der Waals surface area contributed by atoms with Crippen molar-refractivity contribution in [3.8, 4) is 0 Å². The molecular weight excluding hydrogens is 230 g/mol. The van der Waals surface area contributed by atoms with E-state index in [1.54, 1.807) is 12.5 Å². The maximum atomic E-state index is 11.8. The van der Waals surface area contributed by atoms with Gasteiger partial charge in [-0.1, -0.05) is 13.3 Å². The standard InChI is InChI=1S/C13H23N3O2/c1-4-6-12(13(17)18-5-2)15-11(3)9-16-8-7-14-10-16/h7-8,10-12,15H,4-6,9H2,1-3H3. The predicted octanol–water partition coefficient (Wildman–Crippen LogP) is 1.59. The van der Waals surface area contributed by atoms with Crippen LogP contribution < -0.4 is 5.32 Å². The third-order valence-corrected chi connectivity index (χ3v) is 2.68. The summed E-state index contributed by atoms with van der Waals surface area (Å²) in [5.41, 5.74) is 0. The minimum atomic E-state index is -0.214. The number of hydrogen-bond donors (Lipinski definition) is 1. The van der Waals surface area contributed by atoms with Gasteiger partial charge in [-0.25, -0.2) is 4.98 Å². The van der Waals surface area contributed by atoms with Crippen molar-refractivity contribution in [1.82, 2.24) is 14.9 Å². The van der Waals surface area contributed by atoms with E-state index < -0.39 is 0 Å². The molecule has 0 aromatic carbocycles. The highest BCUT2D eigenvalue weighted by Crippen LogP contribution is 2.03. The highest BCUT2D eigenvalue weighted by atomic mass is 16.5. The van der Waals surface area contributed by atoms with E-state index in [1.165, 1.54) is 0 Å². The first-order valence-corrected chi connectivity index (χ1v) is 6.55. The van der Waals surface area contributed by atoms with Gasteiger partial charge in [0.05, 0.1) is 12.9 Å². The molecule has 0 saturated heterocycles. The molecule has 1 heterocycles. The molecule has 0 aliphatic heterocycles. The SMILES string of the molecule is CCCC(NC(C)Cn1ccnc1)C(=O)OCC. The van der Waals surface area contributed by atoms with Crippen molar-refractivity contribution in [2.45, 2.75) is 52.2 Å². The van der Waals surface area contributed by atoms with Gasteiger partial charge in [-0.2, -0.15) is 0 Å². The number of carbonyl (C=O) groups excluding carboxylic acids is 1. The van der Waals surface area contributed by atoms with Crippen molar-refractivity contribution in [2.75, 3.05) is 6.61 Å². The van der Waals surface area contributed by atoms with Crippen LogP contribution in [0.1, 0.15) is 33.6 Å². The Morgan fingerprint density at radius 3 is 2.83 bits per heavy atom. The third kappa shape index (κ3) is 4.87. The fourth-order valence-corrected chi connectivity index (χ4v) is 1.91. The van der Waals surface area contributed by atoms with Gasteiger partial charge in [0.15, 0.2) is 0 Å². The summed E-state index contributed by atoms with van der Waals surface area (Å²) in [5, 5.41) is 3.32. The zero-order valence-corrected chi connectivity index (χ0v) is 11.4. The van der Waals surface area contributed by atoms with E-state index in [1.807, 2.05) is 17.7 Å². The van der Waals surface area contributed by atoms with Crippen LogP contribution in [0.25, 0.3) is 0 Å². The fourth-order valence-electron chi connectivity index (χ4n) is 1.91. The van der Waals surface area contributed by atoms with Crippen molar-refractivity contribution in [1.29, 1.82) is 0 Å². The largest absolute Gasteiger partial charge is 0.465 e. The molecule has 0 radical (unpaired) electrons. The molecule has 0 bridgehead atoms. The van der Waals surface area contributed by atoms with Crippen LogP contribution in [0.5, 0.6) is 0 Å². The molecule has 5 nitrogen and oxygen atoms in total. The summed E-state index contributed by atoms with van der Waals surface area (Å²) in [6.45, 7) is 7.17. The highest BCUT2D eigenvalue weighted by Gasteiger charge is 2.20. The Kier molecular flexibility index (Phi) is 6.43. The van der Waals surface area contributed by atoms with E-state index in [2.05, 4.69) is 24.1 Å². The molecule has 0 saturated carbocycles. The molecular formula is C13H23N3O2. The van der Waals surface area contributed by atoms with Crippen LogP contribution >= 0.6 is 0 Å². The zero-order valence-electron chi connectivity index (χ0n) is 11.4. The second-order valence-electron chi connectivity index (χ2n) is 4.42. The van der Waals surface area contributed by atoms with Crippen LogP contribution in [0.2, 0.25) is 0 Å². The average Bonchev–Trinajstić information content (AvgIpc) is 2.81. The van der Waals surface area contributed by atoms with E-state index in [0.717, 1.165) is 19.4 Å². The van der Waals surface area contributed by atoms with E-state index in [9.17, 15) is 4.79 Å². The van der Waals surface area contributed by atoms with E-state index in [4.69, 9.17) is 4.74 Å².